The van der Waals surface area contributed by atoms with Crippen molar-refractivity contribution >= 4 is 16.7 Å². The van der Waals surface area contributed by atoms with E-state index >= 15 is 0 Å². The first kappa shape index (κ1) is 11.1. The van der Waals surface area contributed by atoms with Crippen molar-refractivity contribution in [1.29, 1.82) is 0 Å². The van der Waals surface area contributed by atoms with Gasteiger partial charge in [-0.3, -0.25) is 4.99 Å². The zero-order valence-electron chi connectivity index (χ0n) is 7.16. The number of aliphatic imine (C=N–C) groups is 1. The van der Waals surface area contributed by atoms with Crippen molar-refractivity contribution in [3.8, 4) is 0 Å². The second kappa shape index (κ2) is 4.18. The summed E-state index contributed by atoms with van der Waals surface area (Å²) in [6.07, 6.45) is 1.16. The molecule has 5 heteroatoms. The molecule has 0 heterocycles. The van der Waals surface area contributed by atoms with Crippen molar-refractivity contribution in [2.75, 3.05) is 7.05 Å². The van der Waals surface area contributed by atoms with Crippen LogP contribution in [0.5, 0.6) is 0 Å². The van der Waals surface area contributed by atoms with Gasteiger partial charge in [0.25, 0.3) is 0 Å². The summed E-state index contributed by atoms with van der Waals surface area (Å²) in [5, 5.41) is 0. The maximum atomic E-state index is 11.2. The molecular weight excluding hydrogens is 176 g/mol. The average molecular weight is 188 g/mol. The fourth-order valence-electron chi connectivity index (χ4n) is 0.602. The molecule has 1 N–H and O–H groups in total. The zero-order chi connectivity index (χ0) is 9.78. The average Bonchev–Trinajstić information content (AvgIpc) is 1.99. The van der Waals surface area contributed by atoms with Crippen molar-refractivity contribution in [3.63, 3.8) is 0 Å². The summed E-state index contributed by atoms with van der Waals surface area (Å²) in [6, 6.07) is 0. The van der Waals surface area contributed by atoms with Crippen molar-refractivity contribution in [3.05, 3.63) is 23.3 Å². The molecule has 68 valence electrons. The van der Waals surface area contributed by atoms with E-state index in [9.17, 15) is 8.42 Å². The van der Waals surface area contributed by atoms with Crippen molar-refractivity contribution in [2.45, 2.75) is 6.92 Å². The van der Waals surface area contributed by atoms with E-state index in [0.29, 0.717) is 5.57 Å². The van der Waals surface area contributed by atoms with E-state index in [4.69, 9.17) is 0 Å². The van der Waals surface area contributed by atoms with Crippen molar-refractivity contribution in [1.82, 2.24) is 4.72 Å². The quantitative estimate of drug-likeness (QED) is 0.520. The Balaban J connectivity index is 5.17. The van der Waals surface area contributed by atoms with Gasteiger partial charge in [-0.1, -0.05) is 6.58 Å². The van der Waals surface area contributed by atoms with E-state index in [-0.39, 0.29) is 4.91 Å². The third-order valence-corrected chi connectivity index (χ3v) is 2.76. The van der Waals surface area contributed by atoms with Crippen LogP contribution in [-0.4, -0.2) is 22.2 Å². The Morgan fingerprint density at radius 1 is 1.58 bits per heavy atom. The van der Waals surface area contributed by atoms with Gasteiger partial charge < -0.3 is 0 Å². The first-order valence-corrected chi connectivity index (χ1v) is 4.69. The summed E-state index contributed by atoms with van der Waals surface area (Å²) < 4.78 is 24.6. The lowest BCUT2D eigenvalue weighted by atomic mass is 10.3. The van der Waals surface area contributed by atoms with Crippen molar-refractivity contribution < 1.29 is 8.42 Å². The van der Waals surface area contributed by atoms with Gasteiger partial charge in [0.2, 0.25) is 10.0 Å². The second-order valence-electron chi connectivity index (χ2n) is 2.16. The third-order valence-electron chi connectivity index (χ3n) is 1.19. The molecular formula is C7H12N2O2S. The molecule has 0 spiro atoms. The van der Waals surface area contributed by atoms with Crippen LogP contribution < -0.4 is 4.72 Å². The van der Waals surface area contributed by atoms with Crippen LogP contribution in [-0.2, 0) is 10.0 Å². The molecule has 0 aromatic carbocycles. The summed E-state index contributed by atoms with van der Waals surface area (Å²) in [6.45, 7) is 8.27. The molecule has 12 heavy (non-hydrogen) atoms. The minimum Gasteiger partial charge on any atom is -0.271 e. The first-order valence-electron chi connectivity index (χ1n) is 3.21. The van der Waals surface area contributed by atoms with Gasteiger partial charge in [-0.05, 0) is 26.3 Å². The summed E-state index contributed by atoms with van der Waals surface area (Å²) in [5.74, 6) is 0. The van der Waals surface area contributed by atoms with Gasteiger partial charge in [0, 0.05) is 6.20 Å². The molecule has 0 saturated carbocycles. The van der Waals surface area contributed by atoms with E-state index in [1.54, 1.807) is 6.92 Å². The Hall–Kier alpha value is -0.940. The lowest BCUT2D eigenvalue weighted by Gasteiger charge is -2.04. The fourth-order valence-corrected chi connectivity index (χ4v) is 1.49. The highest BCUT2D eigenvalue weighted by Gasteiger charge is 2.14. The monoisotopic (exact) mass is 188 g/mol. The fraction of sp³-hybridized carbons (Fsp3) is 0.286. The molecule has 0 aromatic heterocycles. The van der Waals surface area contributed by atoms with Gasteiger partial charge in [-0.2, -0.15) is 0 Å². The lowest BCUT2D eigenvalue weighted by Crippen LogP contribution is -2.20. The number of allylic oxidation sites excluding steroid dienone is 1. The van der Waals surface area contributed by atoms with Gasteiger partial charge >= 0.3 is 0 Å². The molecule has 0 unspecified atom stereocenters. The Morgan fingerprint density at radius 2 is 2.08 bits per heavy atom. The Morgan fingerprint density at radius 3 is 2.33 bits per heavy atom. The molecule has 0 aliphatic rings. The lowest BCUT2D eigenvalue weighted by molar-refractivity contribution is 0.595. The van der Waals surface area contributed by atoms with Gasteiger partial charge in [0.05, 0.1) is 0 Å². The van der Waals surface area contributed by atoms with Gasteiger partial charge in [0.1, 0.15) is 4.91 Å². The largest absolute Gasteiger partial charge is 0.271 e. The summed E-state index contributed by atoms with van der Waals surface area (Å²) >= 11 is 0. The van der Waals surface area contributed by atoms with Crippen LogP contribution in [0, 0.1) is 0 Å². The summed E-state index contributed by atoms with van der Waals surface area (Å²) in [7, 11) is -2.12. The van der Waals surface area contributed by atoms with Gasteiger partial charge in [0.15, 0.2) is 0 Å². The van der Waals surface area contributed by atoms with Crippen LogP contribution in [0.2, 0.25) is 0 Å². The highest BCUT2D eigenvalue weighted by atomic mass is 32.2. The third kappa shape index (κ3) is 2.60. The Labute approximate surface area is 72.8 Å². The molecule has 0 aliphatic heterocycles. The number of rotatable bonds is 4. The molecule has 0 aliphatic carbocycles. The van der Waals surface area contributed by atoms with Crippen LogP contribution in [0.1, 0.15) is 6.92 Å². The zero-order valence-corrected chi connectivity index (χ0v) is 7.98. The predicted molar refractivity (Wildman–Crippen MR) is 50.4 cm³/mol. The maximum Gasteiger partial charge on any atom is 0.242 e. The summed E-state index contributed by atoms with van der Waals surface area (Å²) in [4.78, 5) is 3.44. The Kier molecular flexibility index (Phi) is 3.85. The molecule has 0 rings (SSSR count). The van der Waals surface area contributed by atoms with Crippen LogP contribution >= 0.6 is 0 Å². The second-order valence-corrected chi connectivity index (χ2v) is 4.02. The molecule has 0 amide bonds. The normalized spacial score (nSPS) is 12.7. The van der Waals surface area contributed by atoms with E-state index in [2.05, 4.69) is 23.0 Å². The highest BCUT2D eigenvalue weighted by molar-refractivity contribution is 7.93. The van der Waals surface area contributed by atoms with Crippen LogP contribution in [0.4, 0.5) is 0 Å². The molecule has 0 aromatic rings. The molecule has 0 atom stereocenters. The highest BCUT2D eigenvalue weighted by Crippen LogP contribution is 2.12. The van der Waals surface area contributed by atoms with E-state index in [1.807, 2.05) is 0 Å². The van der Waals surface area contributed by atoms with Gasteiger partial charge in [-0.25, -0.2) is 13.1 Å². The van der Waals surface area contributed by atoms with Crippen LogP contribution in [0.15, 0.2) is 28.2 Å². The Bertz CT molecular complexity index is 314. The molecule has 4 nitrogen and oxygen atoms in total. The van der Waals surface area contributed by atoms with E-state index in [1.165, 1.54) is 7.05 Å². The number of nitrogens with one attached hydrogen (secondary N) is 1. The van der Waals surface area contributed by atoms with E-state index in [0.717, 1.165) is 6.20 Å². The number of nitrogens with zero attached hydrogens (tertiary/aromatic N) is 1. The maximum absolute atomic E-state index is 11.2. The predicted octanol–water partition coefficient (Wildman–Crippen LogP) is 0.654. The van der Waals surface area contributed by atoms with Crippen molar-refractivity contribution in [2.24, 2.45) is 4.99 Å². The molecule has 0 bridgehead atoms. The van der Waals surface area contributed by atoms with E-state index < -0.39 is 10.0 Å². The molecule has 0 saturated heterocycles. The van der Waals surface area contributed by atoms with Crippen LogP contribution in [0.25, 0.3) is 0 Å². The topological polar surface area (TPSA) is 58.5 Å². The standard InChI is InChI=1S/C7H12N2O2S/c1-6(2)7(5-8-3)12(10,11)9-4/h5,9H,1,3H2,2,4H3/b7-5+. The minimum absolute atomic E-state index is 0.0556. The van der Waals surface area contributed by atoms with Gasteiger partial charge in [-0.15, -0.1) is 0 Å². The molecule has 0 fully saturated rings. The number of sulfonamides is 1. The first-order chi connectivity index (χ1) is 5.45. The minimum atomic E-state index is -3.44. The van der Waals surface area contributed by atoms with Crippen LogP contribution in [0.3, 0.4) is 0 Å². The smallest absolute Gasteiger partial charge is 0.242 e. The SMILES string of the molecule is C=N/C=C(\C(=C)C)S(=O)(=O)NC. The number of hydrogen-bond acceptors (Lipinski definition) is 3. The number of hydrogen-bond donors (Lipinski definition) is 1. The molecule has 0 radical (unpaired) electrons. The summed E-state index contributed by atoms with van der Waals surface area (Å²) in [5.41, 5.74) is 0.428.